The molecule has 202 valence electrons. The largest absolute Gasteiger partial charge is 0.494 e. The number of amides is 1. The van der Waals surface area contributed by atoms with Gasteiger partial charge in [0.05, 0.1) is 6.61 Å². The third-order valence-corrected chi connectivity index (χ3v) is 6.52. The molecule has 0 aromatic heterocycles. The van der Waals surface area contributed by atoms with E-state index in [-0.39, 0.29) is 18.9 Å². The fraction of sp³-hybridized carbons (Fsp3) is 0.310. The molecule has 10 heteroatoms. The van der Waals surface area contributed by atoms with E-state index in [9.17, 15) is 4.79 Å². The van der Waals surface area contributed by atoms with Crippen LogP contribution in [0.25, 0.3) is 10.4 Å². The fourth-order valence-electron chi connectivity index (χ4n) is 4.34. The third-order valence-electron chi connectivity index (χ3n) is 6.52. The minimum atomic E-state index is -1.31. The van der Waals surface area contributed by atoms with E-state index in [1.807, 2.05) is 61.5 Å². The lowest BCUT2D eigenvalue weighted by Crippen LogP contribution is -2.56. The van der Waals surface area contributed by atoms with E-state index in [1.54, 1.807) is 24.3 Å². The summed E-state index contributed by atoms with van der Waals surface area (Å²) in [4.78, 5) is 21.5. The van der Waals surface area contributed by atoms with Gasteiger partial charge >= 0.3 is 0 Å². The molecule has 1 heterocycles. The average molecular weight is 529 g/mol. The van der Waals surface area contributed by atoms with Crippen LogP contribution in [-0.2, 0) is 22.4 Å². The average Bonchev–Trinajstić information content (AvgIpc) is 3.30. The monoisotopic (exact) mass is 528 g/mol. The molecule has 0 radical (unpaired) electrons. The van der Waals surface area contributed by atoms with Crippen LogP contribution in [0.3, 0.4) is 0 Å². The Balaban J connectivity index is 1.57. The van der Waals surface area contributed by atoms with Gasteiger partial charge in [-0.05, 0) is 54.3 Å². The molecule has 0 saturated heterocycles. The molecule has 0 fully saturated rings. The maximum absolute atomic E-state index is 13.7. The molecule has 4 rings (SSSR count). The van der Waals surface area contributed by atoms with Crippen molar-refractivity contribution in [2.24, 2.45) is 10.1 Å². The lowest BCUT2D eigenvalue weighted by Gasteiger charge is -2.28. The molecule has 1 aliphatic rings. The highest BCUT2D eigenvalue weighted by molar-refractivity contribution is 6.00. The highest BCUT2D eigenvalue weighted by atomic mass is 16.5. The number of aliphatic hydroxyl groups excluding tert-OH is 1. The summed E-state index contributed by atoms with van der Waals surface area (Å²) in [7, 11) is 0. The SMILES string of the molecule is C[C@@H]1OC(c2ccc(OCCCO)cc2)=N[C@]1(Cc1ccccc1N=[N+]=[N-])C(=O)NNCCc1ccccc1. The first-order valence-corrected chi connectivity index (χ1v) is 12.9. The van der Waals surface area contributed by atoms with Gasteiger partial charge in [0.1, 0.15) is 11.9 Å². The Labute approximate surface area is 227 Å². The summed E-state index contributed by atoms with van der Waals surface area (Å²) < 4.78 is 11.8. The molecule has 10 nitrogen and oxygen atoms in total. The van der Waals surface area contributed by atoms with Crippen molar-refractivity contribution in [1.82, 2.24) is 10.9 Å². The van der Waals surface area contributed by atoms with Crippen LogP contribution in [0.4, 0.5) is 5.69 Å². The summed E-state index contributed by atoms with van der Waals surface area (Å²) in [6, 6.07) is 24.3. The Morgan fingerprint density at radius 2 is 1.87 bits per heavy atom. The number of aliphatic hydroxyl groups is 1. The normalized spacial score (nSPS) is 18.0. The second kappa shape index (κ2) is 13.4. The number of carbonyl (C=O) groups is 1. The van der Waals surface area contributed by atoms with Crippen molar-refractivity contribution in [2.45, 2.75) is 37.8 Å². The van der Waals surface area contributed by atoms with Crippen molar-refractivity contribution in [3.8, 4) is 5.75 Å². The number of carbonyl (C=O) groups excluding carboxylic acids is 1. The lowest BCUT2D eigenvalue weighted by molar-refractivity contribution is -0.129. The van der Waals surface area contributed by atoms with E-state index >= 15 is 0 Å². The first-order valence-electron chi connectivity index (χ1n) is 12.9. The molecule has 1 amide bonds. The van der Waals surface area contributed by atoms with Crippen LogP contribution in [0, 0.1) is 0 Å². The Morgan fingerprint density at radius 1 is 1.13 bits per heavy atom. The summed E-state index contributed by atoms with van der Waals surface area (Å²) in [5, 5.41) is 12.8. The number of nitrogens with one attached hydrogen (secondary N) is 2. The van der Waals surface area contributed by atoms with Gasteiger partial charge in [0, 0.05) is 42.2 Å². The van der Waals surface area contributed by atoms with Gasteiger partial charge in [-0.25, -0.2) is 10.4 Å². The molecule has 0 spiro atoms. The predicted molar refractivity (Wildman–Crippen MR) is 149 cm³/mol. The Kier molecular flexibility index (Phi) is 9.53. The van der Waals surface area contributed by atoms with Crippen molar-refractivity contribution < 1.29 is 19.4 Å². The first kappa shape index (κ1) is 27.7. The molecule has 0 aliphatic carbocycles. The molecule has 3 aromatic rings. The van der Waals surface area contributed by atoms with Gasteiger partial charge in [-0.3, -0.25) is 10.2 Å². The molecule has 0 bridgehead atoms. The van der Waals surface area contributed by atoms with Crippen LogP contribution in [0.15, 0.2) is 89.0 Å². The Hall–Kier alpha value is -4.37. The third kappa shape index (κ3) is 6.94. The maximum atomic E-state index is 13.7. The molecule has 0 unspecified atom stereocenters. The molecule has 3 N–H and O–H groups in total. The van der Waals surface area contributed by atoms with Crippen LogP contribution < -0.4 is 15.6 Å². The van der Waals surface area contributed by atoms with Crippen LogP contribution in [0.2, 0.25) is 0 Å². The van der Waals surface area contributed by atoms with Gasteiger partial charge in [-0.15, -0.1) is 0 Å². The minimum Gasteiger partial charge on any atom is -0.494 e. The topological polar surface area (TPSA) is 141 Å². The smallest absolute Gasteiger partial charge is 0.266 e. The Bertz CT molecular complexity index is 1330. The number of hydrogen-bond acceptors (Lipinski definition) is 7. The van der Waals surface area contributed by atoms with Crippen LogP contribution in [-0.4, -0.2) is 48.3 Å². The minimum absolute atomic E-state index is 0.0642. The standard InChI is InChI=1S/C29H32N6O4/c1-21-29(20-24-10-5-6-11-26(24)33-35-30,28(37)34-31-17-16-22-8-3-2-4-9-22)32-27(39-21)23-12-14-25(15-13-23)38-19-7-18-36/h2-6,8-15,21,31,36H,7,16-20H2,1H3,(H,34,37)/t21-,29-/m0/s1. The maximum Gasteiger partial charge on any atom is 0.266 e. The predicted octanol–water partition coefficient (Wildman–Crippen LogP) is 4.40. The molecule has 2 atom stereocenters. The number of hydrazine groups is 1. The molecular formula is C29H32N6O4. The number of nitrogens with zero attached hydrogens (tertiary/aromatic N) is 4. The molecule has 1 aliphatic heterocycles. The van der Waals surface area contributed by atoms with Gasteiger partial charge in [-0.1, -0.05) is 59.7 Å². The van der Waals surface area contributed by atoms with E-state index in [4.69, 9.17) is 25.1 Å². The summed E-state index contributed by atoms with van der Waals surface area (Å²) in [5.41, 5.74) is 16.6. The number of ether oxygens (including phenoxy) is 2. The van der Waals surface area contributed by atoms with Gasteiger partial charge in [-0.2, -0.15) is 0 Å². The van der Waals surface area contributed by atoms with Crippen molar-refractivity contribution in [3.63, 3.8) is 0 Å². The van der Waals surface area contributed by atoms with Crippen LogP contribution in [0.1, 0.15) is 30.0 Å². The van der Waals surface area contributed by atoms with Crippen LogP contribution >= 0.6 is 0 Å². The summed E-state index contributed by atoms with van der Waals surface area (Å²) in [5.74, 6) is 0.650. The van der Waals surface area contributed by atoms with Crippen LogP contribution in [0.5, 0.6) is 5.75 Å². The highest BCUT2D eigenvalue weighted by Crippen LogP contribution is 2.35. The van der Waals surface area contributed by atoms with Gasteiger partial charge in [0.15, 0.2) is 5.54 Å². The molecular weight excluding hydrogens is 496 g/mol. The van der Waals surface area contributed by atoms with Gasteiger partial charge in [0.2, 0.25) is 5.90 Å². The zero-order valence-electron chi connectivity index (χ0n) is 21.8. The number of rotatable bonds is 13. The zero-order valence-corrected chi connectivity index (χ0v) is 21.8. The van der Waals surface area contributed by atoms with Crippen molar-refractivity contribution in [3.05, 3.63) is 106 Å². The summed E-state index contributed by atoms with van der Waals surface area (Å²) >= 11 is 0. The van der Waals surface area contributed by atoms with Crippen molar-refractivity contribution in [2.75, 3.05) is 19.8 Å². The number of azide groups is 1. The second-order valence-corrected chi connectivity index (χ2v) is 9.16. The van der Waals surface area contributed by atoms with Crippen molar-refractivity contribution in [1.29, 1.82) is 0 Å². The number of benzene rings is 3. The van der Waals surface area contributed by atoms with E-state index in [2.05, 4.69) is 20.9 Å². The second-order valence-electron chi connectivity index (χ2n) is 9.16. The van der Waals surface area contributed by atoms with Gasteiger partial charge in [0.25, 0.3) is 5.91 Å². The lowest BCUT2D eigenvalue weighted by atomic mass is 9.85. The quantitative estimate of drug-likeness (QED) is 0.0991. The zero-order chi connectivity index (χ0) is 27.5. The molecule has 0 saturated carbocycles. The van der Waals surface area contributed by atoms with E-state index in [0.717, 1.165) is 12.0 Å². The number of aliphatic imine (C=N–C) groups is 1. The van der Waals surface area contributed by atoms with Gasteiger partial charge < -0.3 is 14.6 Å². The summed E-state index contributed by atoms with van der Waals surface area (Å²) in [6.07, 6.45) is 0.842. The molecule has 3 aromatic carbocycles. The number of hydrogen-bond donors (Lipinski definition) is 3. The highest BCUT2D eigenvalue weighted by Gasteiger charge is 2.50. The Morgan fingerprint density at radius 3 is 2.62 bits per heavy atom. The van der Waals surface area contributed by atoms with E-state index < -0.39 is 11.6 Å². The van der Waals surface area contributed by atoms with E-state index in [1.165, 1.54) is 0 Å². The fourth-order valence-corrected chi connectivity index (χ4v) is 4.34. The first-order chi connectivity index (χ1) is 19.1. The van der Waals surface area contributed by atoms with E-state index in [0.29, 0.717) is 48.0 Å². The molecule has 39 heavy (non-hydrogen) atoms. The summed E-state index contributed by atoms with van der Waals surface area (Å²) in [6.45, 7) is 2.82. The van der Waals surface area contributed by atoms with Crippen molar-refractivity contribution >= 4 is 17.5 Å².